The van der Waals surface area contributed by atoms with Crippen molar-refractivity contribution in [2.75, 3.05) is 65.6 Å². The number of morpholine rings is 1. The van der Waals surface area contributed by atoms with E-state index in [9.17, 15) is 0 Å². The van der Waals surface area contributed by atoms with Crippen molar-refractivity contribution >= 4 is 0 Å². The van der Waals surface area contributed by atoms with Crippen LogP contribution in [-0.2, 0) is 11.3 Å². The Kier molecular flexibility index (Phi) is 5.33. The molecule has 0 aromatic heterocycles. The van der Waals surface area contributed by atoms with Gasteiger partial charge in [-0.05, 0) is 42.6 Å². The lowest BCUT2D eigenvalue weighted by Gasteiger charge is -2.26. The van der Waals surface area contributed by atoms with Gasteiger partial charge in [-0.2, -0.15) is 0 Å². The summed E-state index contributed by atoms with van der Waals surface area (Å²) >= 11 is 0. The Bertz CT molecular complexity index is 521. The van der Waals surface area contributed by atoms with Crippen LogP contribution in [-0.4, -0.2) is 75.4 Å². The van der Waals surface area contributed by atoms with Crippen LogP contribution in [0.2, 0.25) is 0 Å². The first-order valence-electron chi connectivity index (χ1n) is 9.32. The van der Waals surface area contributed by atoms with Gasteiger partial charge in [0.25, 0.3) is 0 Å². The second-order valence-corrected chi connectivity index (χ2v) is 7.32. The van der Waals surface area contributed by atoms with Crippen molar-refractivity contribution < 1.29 is 9.47 Å². The number of likely N-dealkylation sites (tertiary alicyclic amines) is 1. The molecule has 132 valence electrons. The number of hydrogen-bond donors (Lipinski definition) is 1. The molecule has 5 heteroatoms. The quantitative estimate of drug-likeness (QED) is 0.843. The molecule has 5 nitrogen and oxygen atoms in total. The van der Waals surface area contributed by atoms with Crippen LogP contribution in [0.15, 0.2) is 24.3 Å². The summed E-state index contributed by atoms with van der Waals surface area (Å²) in [5.41, 5.74) is 1.37. The molecule has 0 bridgehead atoms. The zero-order chi connectivity index (χ0) is 16.2. The van der Waals surface area contributed by atoms with Gasteiger partial charge in [-0.15, -0.1) is 0 Å². The van der Waals surface area contributed by atoms with E-state index in [1.165, 1.54) is 31.7 Å². The molecule has 24 heavy (non-hydrogen) atoms. The van der Waals surface area contributed by atoms with Crippen LogP contribution in [0, 0.1) is 11.8 Å². The van der Waals surface area contributed by atoms with Crippen LogP contribution in [0.1, 0.15) is 5.56 Å². The summed E-state index contributed by atoms with van der Waals surface area (Å²) in [5.74, 6) is 2.72. The largest absolute Gasteiger partial charge is 0.492 e. The van der Waals surface area contributed by atoms with Crippen LogP contribution in [0.25, 0.3) is 0 Å². The maximum atomic E-state index is 5.98. The normalized spacial score (nSPS) is 28.2. The van der Waals surface area contributed by atoms with E-state index in [1.807, 2.05) is 0 Å². The van der Waals surface area contributed by atoms with Crippen molar-refractivity contribution in [2.24, 2.45) is 11.8 Å². The third kappa shape index (κ3) is 4.09. The first-order chi connectivity index (χ1) is 11.9. The summed E-state index contributed by atoms with van der Waals surface area (Å²) in [5, 5.41) is 3.51. The number of hydrogen-bond acceptors (Lipinski definition) is 5. The molecule has 0 aliphatic carbocycles. The first-order valence-corrected chi connectivity index (χ1v) is 9.32. The smallest absolute Gasteiger partial charge is 0.119 e. The van der Waals surface area contributed by atoms with Gasteiger partial charge < -0.3 is 14.8 Å². The van der Waals surface area contributed by atoms with Crippen LogP contribution >= 0.6 is 0 Å². The predicted octanol–water partition coefficient (Wildman–Crippen LogP) is 1.05. The molecule has 0 unspecified atom stereocenters. The molecule has 3 heterocycles. The van der Waals surface area contributed by atoms with Crippen LogP contribution in [0.5, 0.6) is 5.75 Å². The van der Waals surface area contributed by atoms with Crippen molar-refractivity contribution in [2.45, 2.75) is 6.54 Å². The zero-order valence-corrected chi connectivity index (χ0v) is 14.5. The Balaban J connectivity index is 1.24. The minimum atomic E-state index is 0.753. The van der Waals surface area contributed by atoms with E-state index >= 15 is 0 Å². The fourth-order valence-electron chi connectivity index (χ4n) is 4.19. The second-order valence-electron chi connectivity index (χ2n) is 7.32. The van der Waals surface area contributed by atoms with E-state index in [2.05, 4.69) is 39.4 Å². The van der Waals surface area contributed by atoms with Gasteiger partial charge in [0.15, 0.2) is 0 Å². The highest BCUT2D eigenvalue weighted by Crippen LogP contribution is 2.27. The lowest BCUT2D eigenvalue weighted by Crippen LogP contribution is -2.38. The summed E-state index contributed by atoms with van der Waals surface area (Å²) in [6.07, 6.45) is 0. The average molecular weight is 331 g/mol. The van der Waals surface area contributed by atoms with Crippen LogP contribution in [0.3, 0.4) is 0 Å². The summed E-state index contributed by atoms with van der Waals surface area (Å²) < 4.78 is 11.4. The molecule has 4 rings (SSSR count). The Morgan fingerprint density at radius 2 is 1.88 bits per heavy atom. The van der Waals surface area contributed by atoms with Gasteiger partial charge in [-0.1, -0.05) is 12.1 Å². The average Bonchev–Trinajstić information content (AvgIpc) is 3.18. The fraction of sp³-hybridized carbons (Fsp3) is 0.684. The molecular weight excluding hydrogens is 302 g/mol. The Morgan fingerprint density at radius 1 is 1.08 bits per heavy atom. The Morgan fingerprint density at radius 3 is 2.67 bits per heavy atom. The van der Waals surface area contributed by atoms with Crippen molar-refractivity contribution in [1.29, 1.82) is 0 Å². The number of nitrogens with zero attached hydrogens (tertiary/aromatic N) is 2. The molecule has 2 atom stereocenters. The molecular formula is C19H29N3O2. The molecule has 3 aliphatic heterocycles. The summed E-state index contributed by atoms with van der Waals surface area (Å²) in [7, 11) is 0. The predicted molar refractivity (Wildman–Crippen MR) is 94.3 cm³/mol. The topological polar surface area (TPSA) is 37.0 Å². The molecule has 3 fully saturated rings. The van der Waals surface area contributed by atoms with E-state index in [1.54, 1.807) is 0 Å². The van der Waals surface area contributed by atoms with Crippen molar-refractivity contribution in [3.63, 3.8) is 0 Å². The van der Waals surface area contributed by atoms with Crippen molar-refractivity contribution in [1.82, 2.24) is 15.1 Å². The van der Waals surface area contributed by atoms with Crippen LogP contribution < -0.4 is 10.1 Å². The number of fused-ring (bicyclic) bond motifs is 1. The van der Waals surface area contributed by atoms with Gasteiger partial charge in [0.05, 0.1) is 13.2 Å². The van der Waals surface area contributed by atoms with Crippen molar-refractivity contribution in [3.8, 4) is 5.75 Å². The highest BCUT2D eigenvalue weighted by molar-refractivity contribution is 5.28. The Hall–Kier alpha value is -1.14. The maximum Gasteiger partial charge on any atom is 0.119 e. The molecule has 0 radical (unpaired) electrons. The standard InChI is InChI=1S/C19H29N3O2/c1-2-16(13-22-14-17-11-20-12-18(17)15-22)10-19(3-1)24-9-6-21-4-7-23-8-5-21/h1-3,10,17-18,20H,4-9,11-15H2/t17-,18+. The van der Waals surface area contributed by atoms with E-state index < -0.39 is 0 Å². The number of rotatable bonds is 6. The van der Waals surface area contributed by atoms with Gasteiger partial charge >= 0.3 is 0 Å². The van der Waals surface area contributed by atoms with E-state index in [4.69, 9.17) is 9.47 Å². The van der Waals surface area contributed by atoms with E-state index in [-0.39, 0.29) is 0 Å². The highest BCUT2D eigenvalue weighted by Gasteiger charge is 2.35. The number of nitrogens with one attached hydrogen (secondary N) is 1. The van der Waals surface area contributed by atoms with Gasteiger partial charge in [0.2, 0.25) is 0 Å². The van der Waals surface area contributed by atoms with Gasteiger partial charge in [-0.3, -0.25) is 9.80 Å². The molecule has 0 saturated carbocycles. The Labute approximate surface area is 144 Å². The highest BCUT2D eigenvalue weighted by atomic mass is 16.5. The SMILES string of the molecule is c1cc(CN2C[C@H]3CNC[C@H]3C2)cc(OCCN2CCOCC2)c1. The molecule has 0 amide bonds. The second kappa shape index (κ2) is 7.83. The van der Waals surface area contributed by atoms with Gasteiger partial charge in [0, 0.05) is 39.3 Å². The number of benzene rings is 1. The fourth-order valence-corrected chi connectivity index (χ4v) is 4.19. The third-order valence-electron chi connectivity index (χ3n) is 5.55. The third-order valence-corrected chi connectivity index (χ3v) is 5.55. The van der Waals surface area contributed by atoms with Gasteiger partial charge in [0.1, 0.15) is 12.4 Å². The minimum absolute atomic E-state index is 0.753. The minimum Gasteiger partial charge on any atom is -0.492 e. The maximum absolute atomic E-state index is 5.98. The monoisotopic (exact) mass is 331 g/mol. The zero-order valence-electron chi connectivity index (χ0n) is 14.5. The lowest BCUT2D eigenvalue weighted by molar-refractivity contribution is 0.0322. The van der Waals surface area contributed by atoms with Crippen molar-refractivity contribution in [3.05, 3.63) is 29.8 Å². The molecule has 1 aromatic carbocycles. The van der Waals surface area contributed by atoms with Gasteiger partial charge in [-0.25, -0.2) is 0 Å². The van der Waals surface area contributed by atoms with E-state index in [0.717, 1.165) is 63.6 Å². The first kappa shape index (κ1) is 16.3. The van der Waals surface area contributed by atoms with Crippen LogP contribution in [0.4, 0.5) is 0 Å². The van der Waals surface area contributed by atoms with E-state index in [0.29, 0.717) is 0 Å². The molecule has 3 aliphatic rings. The lowest BCUT2D eigenvalue weighted by atomic mass is 10.0. The molecule has 0 spiro atoms. The number of ether oxygens (including phenoxy) is 2. The molecule has 1 N–H and O–H groups in total. The summed E-state index contributed by atoms with van der Waals surface area (Å²) in [6, 6.07) is 8.64. The molecule has 3 saturated heterocycles. The summed E-state index contributed by atoms with van der Waals surface area (Å²) in [6.45, 7) is 11.4. The molecule has 1 aromatic rings. The summed E-state index contributed by atoms with van der Waals surface area (Å²) in [4.78, 5) is 5.01.